The van der Waals surface area contributed by atoms with Gasteiger partial charge in [0.1, 0.15) is 0 Å². The lowest BCUT2D eigenvalue weighted by molar-refractivity contribution is -0.0972. The number of hydrogen-bond donors (Lipinski definition) is 1. The molecule has 2 heterocycles. The Hall–Kier alpha value is -1.56. The van der Waals surface area contributed by atoms with Gasteiger partial charge in [0.25, 0.3) is 0 Å². The predicted molar refractivity (Wildman–Crippen MR) is 89.1 cm³/mol. The molecule has 6 heteroatoms. The van der Waals surface area contributed by atoms with Gasteiger partial charge in [-0.05, 0) is 5.92 Å². The Kier molecular flexibility index (Phi) is 5.11. The van der Waals surface area contributed by atoms with E-state index < -0.39 is 0 Å². The Balaban J connectivity index is 1.98. The molecule has 0 aliphatic carbocycles. The SMILES string of the molecule is CN=C(NCC1(C)COC1)N(C)Cc1cn(C)nc1C(C)C. The lowest BCUT2D eigenvalue weighted by Crippen LogP contribution is -2.51. The Morgan fingerprint density at radius 2 is 2.23 bits per heavy atom. The molecule has 0 saturated carbocycles. The van der Waals surface area contributed by atoms with Crippen molar-refractivity contribution < 1.29 is 4.74 Å². The van der Waals surface area contributed by atoms with Gasteiger partial charge in [0, 0.05) is 51.4 Å². The van der Waals surface area contributed by atoms with E-state index in [2.05, 4.69) is 54.3 Å². The van der Waals surface area contributed by atoms with Crippen LogP contribution in [0, 0.1) is 5.41 Å². The zero-order valence-corrected chi connectivity index (χ0v) is 14.7. The Bertz CT molecular complexity index is 531. The summed E-state index contributed by atoms with van der Waals surface area (Å²) in [5.74, 6) is 1.33. The summed E-state index contributed by atoms with van der Waals surface area (Å²) in [4.78, 5) is 6.53. The average molecular weight is 307 g/mol. The summed E-state index contributed by atoms with van der Waals surface area (Å²) >= 11 is 0. The Morgan fingerprint density at radius 1 is 1.55 bits per heavy atom. The highest BCUT2D eigenvalue weighted by molar-refractivity contribution is 5.79. The molecular weight excluding hydrogens is 278 g/mol. The molecule has 1 aliphatic heterocycles. The Labute approximate surface area is 133 Å². The van der Waals surface area contributed by atoms with Crippen molar-refractivity contribution in [1.82, 2.24) is 20.0 Å². The second-order valence-electron chi connectivity index (χ2n) is 6.93. The van der Waals surface area contributed by atoms with Gasteiger partial charge in [0.05, 0.1) is 18.9 Å². The summed E-state index contributed by atoms with van der Waals surface area (Å²) < 4.78 is 7.19. The average Bonchev–Trinajstić information content (AvgIpc) is 2.78. The fraction of sp³-hybridized carbons (Fsp3) is 0.750. The summed E-state index contributed by atoms with van der Waals surface area (Å²) in [6.45, 7) is 9.91. The second kappa shape index (κ2) is 6.69. The van der Waals surface area contributed by atoms with Crippen LogP contribution in [0.1, 0.15) is 37.9 Å². The lowest BCUT2D eigenvalue weighted by Gasteiger charge is -2.39. The summed E-state index contributed by atoms with van der Waals surface area (Å²) in [6, 6.07) is 0. The highest BCUT2D eigenvalue weighted by atomic mass is 16.5. The van der Waals surface area contributed by atoms with E-state index >= 15 is 0 Å². The smallest absolute Gasteiger partial charge is 0.193 e. The van der Waals surface area contributed by atoms with Gasteiger partial charge in [-0.15, -0.1) is 0 Å². The molecule has 0 radical (unpaired) electrons. The number of ether oxygens (including phenoxy) is 1. The number of aryl methyl sites for hydroxylation is 1. The van der Waals surface area contributed by atoms with Crippen LogP contribution in [0.25, 0.3) is 0 Å². The van der Waals surface area contributed by atoms with Crippen molar-refractivity contribution >= 4 is 5.96 Å². The molecule has 0 atom stereocenters. The van der Waals surface area contributed by atoms with Crippen LogP contribution in [-0.2, 0) is 18.3 Å². The van der Waals surface area contributed by atoms with E-state index in [9.17, 15) is 0 Å². The first kappa shape index (κ1) is 16.8. The maximum absolute atomic E-state index is 5.30. The fourth-order valence-corrected chi connectivity index (χ4v) is 2.72. The molecular formula is C16H29N5O. The van der Waals surface area contributed by atoms with Crippen molar-refractivity contribution in [2.75, 3.05) is 33.9 Å². The first-order chi connectivity index (χ1) is 10.3. The summed E-state index contributed by atoms with van der Waals surface area (Å²) in [7, 11) is 5.86. The monoisotopic (exact) mass is 307 g/mol. The largest absolute Gasteiger partial charge is 0.380 e. The highest BCUT2D eigenvalue weighted by Crippen LogP contribution is 2.25. The zero-order valence-electron chi connectivity index (χ0n) is 14.7. The molecule has 0 spiro atoms. The Morgan fingerprint density at radius 3 is 2.73 bits per heavy atom. The van der Waals surface area contributed by atoms with Gasteiger partial charge in [-0.3, -0.25) is 9.67 Å². The number of aliphatic imine (C=N–C) groups is 1. The van der Waals surface area contributed by atoms with Gasteiger partial charge in [0.2, 0.25) is 0 Å². The highest BCUT2D eigenvalue weighted by Gasteiger charge is 2.33. The van der Waals surface area contributed by atoms with Crippen LogP contribution < -0.4 is 5.32 Å². The molecule has 0 bridgehead atoms. The maximum Gasteiger partial charge on any atom is 0.193 e. The first-order valence-corrected chi connectivity index (χ1v) is 7.86. The van der Waals surface area contributed by atoms with E-state index in [1.807, 2.05) is 18.8 Å². The maximum atomic E-state index is 5.30. The van der Waals surface area contributed by atoms with Crippen molar-refractivity contribution in [2.24, 2.45) is 17.5 Å². The normalized spacial score (nSPS) is 17.5. The fourth-order valence-electron chi connectivity index (χ4n) is 2.72. The minimum absolute atomic E-state index is 0.230. The molecule has 1 aliphatic rings. The zero-order chi connectivity index (χ0) is 16.3. The van der Waals surface area contributed by atoms with Crippen LogP contribution in [0.15, 0.2) is 11.2 Å². The molecule has 22 heavy (non-hydrogen) atoms. The minimum atomic E-state index is 0.230. The number of aromatic nitrogens is 2. The summed E-state index contributed by atoms with van der Waals surface area (Å²) in [6.07, 6.45) is 2.10. The summed E-state index contributed by atoms with van der Waals surface area (Å²) in [5, 5.41) is 8.03. The van der Waals surface area contributed by atoms with Crippen LogP contribution in [0.2, 0.25) is 0 Å². The van der Waals surface area contributed by atoms with Crippen LogP contribution in [0.5, 0.6) is 0 Å². The van der Waals surface area contributed by atoms with Gasteiger partial charge in [-0.1, -0.05) is 20.8 Å². The third-order valence-electron chi connectivity index (χ3n) is 4.04. The molecule has 1 aromatic heterocycles. The van der Waals surface area contributed by atoms with Gasteiger partial charge >= 0.3 is 0 Å². The van der Waals surface area contributed by atoms with Crippen LogP contribution in [0.3, 0.4) is 0 Å². The quantitative estimate of drug-likeness (QED) is 0.663. The third kappa shape index (κ3) is 3.80. The molecule has 1 saturated heterocycles. The lowest BCUT2D eigenvalue weighted by atomic mass is 9.89. The number of rotatable bonds is 5. The molecule has 0 unspecified atom stereocenters. The molecule has 0 aromatic carbocycles. The molecule has 6 nitrogen and oxygen atoms in total. The van der Waals surface area contributed by atoms with Crippen molar-refractivity contribution in [3.8, 4) is 0 Å². The number of hydrogen-bond acceptors (Lipinski definition) is 3. The number of guanidine groups is 1. The molecule has 2 rings (SSSR count). The summed E-state index contributed by atoms with van der Waals surface area (Å²) in [5.41, 5.74) is 2.64. The van der Waals surface area contributed by atoms with Crippen molar-refractivity contribution in [1.29, 1.82) is 0 Å². The van der Waals surface area contributed by atoms with Crippen molar-refractivity contribution in [2.45, 2.75) is 33.2 Å². The second-order valence-corrected chi connectivity index (χ2v) is 6.93. The molecule has 1 aromatic rings. The topological polar surface area (TPSA) is 54.7 Å². The van der Waals surface area contributed by atoms with E-state index in [1.54, 1.807) is 0 Å². The molecule has 0 amide bonds. The van der Waals surface area contributed by atoms with Gasteiger partial charge < -0.3 is 15.0 Å². The minimum Gasteiger partial charge on any atom is -0.380 e. The standard InChI is InChI=1S/C16H29N5O/c1-12(2)14-13(8-21(6)19-14)7-20(5)15(17-4)18-9-16(3)10-22-11-16/h8,12H,7,9-11H2,1-6H3,(H,17,18). The predicted octanol–water partition coefficient (Wildman–Crippen LogP) is 1.59. The molecule has 124 valence electrons. The number of nitrogens with zero attached hydrogens (tertiary/aromatic N) is 4. The van der Waals surface area contributed by atoms with E-state index in [0.717, 1.165) is 38.0 Å². The van der Waals surface area contributed by atoms with Crippen LogP contribution >= 0.6 is 0 Å². The molecule has 1 N–H and O–H groups in total. The van der Waals surface area contributed by atoms with Crippen LogP contribution in [-0.4, -0.2) is 54.5 Å². The van der Waals surface area contributed by atoms with E-state index in [0.29, 0.717) is 5.92 Å². The number of nitrogens with one attached hydrogen (secondary N) is 1. The first-order valence-electron chi connectivity index (χ1n) is 7.86. The van der Waals surface area contributed by atoms with E-state index in [1.165, 1.54) is 5.56 Å². The van der Waals surface area contributed by atoms with Crippen LogP contribution in [0.4, 0.5) is 0 Å². The molecule has 1 fully saturated rings. The van der Waals surface area contributed by atoms with Crippen molar-refractivity contribution in [3.63, 3.8) is 0 Å². The van der Waals surface area contributed by atoms with Gasteiger partial charge in [-0.2, -0.15) is 5.10 Å². The van der Waals surface area contributed by atoms with Gasteiger partial charge in [-0.25, -0.2) is 0 Å². The van der Waals surface area contributed by atoms with Crippen molar-refractivity contribution in [3.05, 3.63) is 17.5 Å². The third-order valence-corrected chi connectivity index (χ3v) is 4.04. The van der Waals surface area contributed by atoms with E-state index in [-0.39, 0.29) is 5.41 Å². The van der Waals surface area contributed by atoms with E-state index in [4.69, 9.17) is 4.74 Å². The van der Waals surface area contributed by atoms with Gasteiger partial charge in [0.15, 0.2) is 5.96 Å².